The number of amides is 1. The van der Waals surface area contributed by atoms with E-state index in [1.54, 1.807) is 19.1 Å². The van der Waals surface area contributed by atoms with Crippen LogP contribution in [-0.2, 0) is 14.3 Å². The summed E-state index contributed by atoms with van der Waals surface area (Å²) in [4.78, 5) is 40.9. The van der Waals surface area contributed by atoms with Crippen molar-refractivity contribution in [1.82, 2.24) is 10.3 Å². The molecule has 0 saturated carbocycles. The van der Waals surface area contributed by atoms with Crippen molar-refractivity contribution in [3.8, 4) is 11.5 Å². The van der Waals surface area contributed by atoms with Crippen molar-refractivity contribution >= 4 is 29.4 Å². The monoisotopic (exact) mass is 494 g/mol. The third-order valence-corrected chi connectivity index (χ3v) is 5.33. The molecule has 1 aromatic heterocycles. The second kappa shape index (κ2) is 11.8. The van der Waals surface area contributed by atoms with Crippen LogP contribution in [0.2, 0.25) is 5.02 Å². The average molecular weight is 495 g/mol. The fourth-order valence-corrected chi connectivity index (χ4v) is 3.76. The highest BCUT2D eigenvalue weighted by atomic mass is 35.5. The van der Waals surface area contributed by atoms with Crippen LogP contribution in [0.15, 0.2) is 30.5 Å². The molecular formula is C24H28ClFN2O6. The standard InChI is InChI=1S/C24H28ClFN2O6/c1-12(2)20(17-8-7-16(25)11-18(17)26)14(4)33-24(31)13(3)28-23(30)21-22(34-15(5)29)19(32-6)9-10-27-21/h7-14,20H,1-6H3,(H,28,30)/t13-,14-,20+/m0/s1. The van der Waals surface area contributed by atoms with Crippen LogP contribution in [0.1, 0.15) is 56.6 Å². The largest absolute Gasteiger partial charge is 0.493 e. The zero-order valence-corrected chi connectivity index (χ0v) is 20.6. The number of esters is 2. The number of rotatable bonds is 9. The summed E-state index contributed by atoms with van der Waals surface area (Å²) in [5.41, 5.74) is 0.147. The molecule has 8 nitrogen and oxygen atoms in total. The topological polar surface area (TPSA) is 104 Å². The van der Waals surface area contributed by atoms with Crippen LogP contribution in [0.5, 0.6) is 11.5 Å². The van der Waals surface area contributed by atoms with E-state index in [0.29, 0.717) is 5.56 Å². The van der Waals surface area contributed by atoms with Crippen molar-refractivity contribution in [2.45, 2.75) is 52.7 Å². The first-order valence-corrected chi connectivity index (χ1v) is 11.0. The molecule has 0 radical (unpaired) electrons. The first-order valence-electron chi connectivity index (χ1n) is 10.6. The number of methoxy groups -OCH3 is 1. The van der Waals surface area contributed by atoms with Gasteiger partial charge in [-0.2, -0.15) is 0 Å². The number of aromatic nitrogens is 1. The van der Waals surface area contributed by atoms with E-state index in [4.69, 9.17) is 25.8 Å². The second-order valence-corrected chi connectivity index (χ2v) is 8.49. The Morgan fingerprint density at radius 1 is 1.12 bits per heavy atom. The van der Waals surface area contributed by atoms with Crippen LogP contribution in [0, 0.1) is 11.7 Å². The van der Waals surface area contributed by atoms with Gasteiger partial charge < -0.3 is 19.5 Å². The van der Waals surface area contributed by atoms with E-state index >= 15 is 0 Å². The number of benzene rings is 1. The van der Waals surface area contributed by atoms with Gasteiger partial charge in [0.25, 0.3) is 5.91 Å². The van der Waals surface area contributed by atoms with Gasteiger partial charge in [0.2, 0.25) is 5.75 Å². The van der Waals surface area contributed by atoms with E-state index in [1.165, 1.54) is 39.3 Å². The van der Waals surface area contributed by atoms with E-state index in [9.17, 15) is 18.8 Å². The molecule has 0 aliphatic carbocycles. The lowest BCUT2D eigenvalue weighted by Gasteiger charge is -2.29. The maximum absolute atomic E-state index is 14.5. The number of pyridine rings is 1. The molecule has 1 aromatic carbocycles. The summed E-state index contributed by atoms with van der Waals surface area (Å²) in [6, 6.07) is 4.72. The highest BCUT2D eigenvalue weighted by Gasteiger charge is 2.31. The lowest BCUT2D eigenvalue weighted by molar-refractivity contribution is -0.151. The summed E-state index contributed by atoms with van der Waals surface area (Å²) < 4.78 is 30.3. The predicted octanol–water partition coefficient (Wildman–Crippen LogP) is 4.30. The molecule has 0 aliphatic heterocycles. The summed E-state index contributed by atoms with van der Waals surface area (Å²) in [6.45, 7) is 8.04. The number of carbonyl (C=O) groups excluding carboxylic acids is 3. The van der Waals surface area contributed by atoms with Gasteiger partial charge >= 0.3 is 11.9 Å². The highest BCUT2D eigenvalue weighted by Crippen LogP contribution is 2.33. The summed E-state index contributed by atoms with van der Waals surface area (Å²) in [5, 5.41) is 2.75. The summed E-state index contributed by atoms with van der Waals surface area (Å²) in [7, 11) is 1.35. The number of hydrogen-bond donors (Lipinski definition) is 1. The molecule has 10 heteroatoms. The molecule has 1 amide bonds. The van der Waals surface area contributed by atoms with Crippen LogP contribution < -0.4 is 14.8 Å². The van der Waals surface area contributed by atoms with Gasteiger partial charge in [-0.15, -0.1) is 0 Å². The van der Waals surface area contributed by atoms with E-state index in [-0.39, 0.29) is 28.1 Å². The molecule has 2 aromatic rings. The van der Waals surface area contributed by atoms with E-state index in [2.05, 4.69) is 10.3 Å². The third kappa shape index (κ3) is 6.66. The number of ether oxygens (including phenoxy) is 3. The molecule has 0 spiro atoms. The Balaban J connectivity index is 2.16. The zero-order chi connectivity index (χ0) is 25.6. The number of carbonyl (C=O) groups is 3. The van der Waals surface area contributed by atoms with Crippen LogP contribution >= 0.6 is 11.6 Å². The molecule has 0 bridgehead atoms. The lowest BCUT2D eigenvalue weighted by atomic mass is 9.84. The van der Waals surface area contributed by atoms with Gasteiger partial charge in [0.05, 0.1) is 7.11 Å². The number of halogens is 2. The average Bonchev–Trinajstić information content (AvgIpc) is 2.74. The minimum absolute atomic E-state index is 0.0596. The molecule has 34 heavy (non-hydrogen) atoms. The molecule has 0 saturated heterocycles. The molecule has 1 N–H and O–H groups in total. The normalized spacial score (nSPS) is 13.6. The fourth-order valence-electron chi connectivity index (χ4n) is 3.60. The van der Waals surface area contributed by atoms with Crippen LogP contribution in [0.4, 0.5) is 4.39 Å². The van der Waals surface area contributed by atoms with Crippen molar-refractivity contribution in [3.63, 3.8) is 0 Å². The number of nitrogens with one attached hydrogen (secondary N) is 1. The quantitative estimate of drug-likeness (QED) is 0.518. The molecule has 3 atom stereocenters. The van der Waals surface area contributed by atoms with Gasteiger partial charge in [-0.3, -0.25) is 9.59 Å². The molecule has 0 fully saturated rings. The second-order valence-electron chi connectivity index (χ2n) is 8.06. The van der Waals surface area contributed by atoms with E-state index in [0.717, 1.165) is 0 Å². The van der Waals surface area contributed by atoms with Crippen LogP contribution in [0.3, 0.4) is 0 Å². The Bertz CT molecular complexity index is 1060. The first kappa shape index (κ1) is 27.0. The van der Waals surface area contributed by atoms with Crippen molar-refractivity contribution < 1.29 is 33.0 Å². The maximum Gasteiger partial charge on any atom is 0.328 e. The molecule has 2 rings (SSSR count). The Morgan fingerprint density at radius 2 is 1.79 bits per heavy atom. The third-order valence-electron chi connectivity index (χ3n) is 5.10. The summed E-state index contributed by atoms with van der Waals surface area (Å²) in [5.74, 6) is -3.19. The van der Waals surface area contributed by atoms with Crippen molar-refractivity contribution in [2.24, 2.45) is 5.92 Å². The van der Waals surface area contributed by atoms with Crippen LogP contribution in [0.25, 0.3) is 0 Å². The predicted molar refractivity (Wildman–Crippen MR) is 124 cm³/mol. The first-order chi connectivity index (χ1) is 16.0. The summed E-state index contributed by atoms with van der Waals surface area (Å²) in [6.07, 6.45) is 0.605. The highest BCUT2D eigenvalue weighted by molar-refractivity contribution is 6.30. The molecule has 0 aliphatic rings. The Hall–Kier alpha value is -3.20. The van der Waals surface area contributed by atoms with Crippen molar-refractivity contribution in [2.75, 3.05) is 7.11 Å². The Kier molecular flexibility index (Phi) is 9.37. The minimum Gasteiger partial charge on any atom is -0.493 e. The van der Waals surface area contributed by atoms with Crippen molar-refractivity contribution in [1.29, 1.82) is 0 Å². The van der Waals surface area contributed by atoms with Gasteiger partial charge in [0.1, 0.15) is 18.0 Å². The zero-order valence-electron chi connectivity index (χ0n) is 19.8. The number of nitrogens with zero attached hydrogens (tertiary/aromatic N) is 1. The molecule has 1 heterocycles. The lowest BCUT2D eigenvalue weighted by Crippen LogP contribution is -2.42. The Labute approximate surface area is 202 Å². The van der Waals surface area contributed by atoms with Gasteiger partial charge in [-0.25, -0.2) is 14.2 Å². The van der Waals surface area contributed by atoms with Gasteiger partial charge in [-0.1, -0.05) is 31.5 Å². The van der Waals surface area contributed by atoms with Gasteiger partial charge in [0, 0.05) is 30.1 Å². The van der Waals surface area contributed by atoms with Gasteiger partial charge in [-0.05, 0) is 37.5 Å². The Morgan fingerprint density at radius 3 is 2.35 bits per heavy atom. The number of hydrogen-bond acceptors (Lipinski definition) is 7. The minimum atomic E-state index is -1.07. The summed E-state index contributed by atoms with van der Waals surface area (Å²) >= 11 is 5.86. The van der Waals surface area contributed by atoms with Crippen LogP contribution in [-0.4, -0.2) is 42.1 Å². The molecule has 184 valence electrons. The van der Waals surface area contributed by atoms with E-state index in [1.807, 2.05) is 13.8 Å². The van der Waals surface area contributed by atoms with E-state index < -0.39 is 41.7 Å². The molecular weight excluding hydrogens is 467 g/mol. The smallest absolute Gasteiger partial charge is 0.328 e. The van der Waals surface area contributed by atoms with Crippen molar-refractivity contribution in [3.05, 3.63) is 52.6 Å². The fraction of sp³-hybridized carbons (Fsp3) is 0.417. The van der Waals surface area contributed by atoms with Gasteiger partial charge in [0.15, 0.2) is 11.4 Å². The SMILES string of the molecule is COc1ccnc(C(=O)N[C@@H](C)C(=O)O[C@@H](C)[C@H](c2ccc(Cl)cc2F)C(C)C)c1OC(C)=O. The maximum atomic E-state index is 14.5. The molecule has 0 unspecified atom stereocenters.